The fraction of sp³-hybridized carbons (Fsp3) is 0.211. The SMILES string of the molecule is O=C1Nc2nccnc2CCC1NC(=O)n1cc(Cc2cccc(F)c2)cn1. The molecule has 0 fully saturated rings. The van der Waals surface area contributed by atoms with Gasteiger partial charge < -0.3 is 10.6 Å². The third-order valence-electron chi connectivity index (χ3n) is 4.44. The highest BCUT2D eigenvalue weighted by Crippen LogP contribution is 2.17. The van der Waals surface area contributed by atoms with Crippen molar-refractivity contribution >= 4 is 17.8 Å². The Kier molecular flexibility index (Phi) is 4.79. The minimum absolute atomic E-state index is 0.313. The van der Waals surface area contributed by atoms with Crippen LogP contribution in [0.25, 0.3) is 0 Å². The molecule has 1 aromatic carbocycles. The van der Waals surface area contributed by atoms with Gasteiger partial charge in [-0.3, -0.25) is 9.78 Å². The first-order chi connectivity index (χ1) is 13.6. The molecule has 0 radical (unpaired) electrons. The van der Waals surface area contributed by atoms with E-state index in [-0.39, 0.29) is 11.7 Å². The topological polar surface area (TPSA) is 102 Å². The quantitative estimate of drug-likeness (QED) is 0.723. The van der Waals surface area contributed by atoms with Crippen molar-refractivity contribution in [2.45, 2.75) is 25.3 Å². The van der Waals surface area contributed by atoms with E-state index in [1.807, 2.05) is 0 Å². The second kappa shape index (κ2) is 7.55. The van der Waals surface area contributed by atoms with Crippen LogP contribution in [0.15, 0.2) is 49.1 Å². The van der Waals surface area contributed by atoms with Gasteiger partial charge in [0.15, 0.2) is 5.82 Å². The Bertz CT molecular complexity index is 1030. The molecule has 3 aromatic rings. The molecule has 2 amide bonds. The van der Waals surface area contributed by atoms with E-state index in [2.05, 4.69) is 25.7 Å². The van der Waals surface area contributed by atoms with E-state index in [1.54, 1.807) is 30.7 Å². The van der Waals surface area contributed by atoms with Gasteiger partial charge in [-0.15, -0.1) is 0 Å². The first kappa shape index (κ1) is 17.8. The fourth-order valence-corrected chi connectivity index (χ4v) is 3.07. The zero-order valence-corrected chi connectivity index (χ0v) is 14.8. The number of rotatable bonds is 3. The summed E-state index contributed by atoms with van der Waals surface area (Å²) in [5.74, 6) is -0.243. The summed E-state index contributed by atoms with van der Waals surface area (Å²) in [6.45, 7) is 0. The maximum atomic E-state index is 13.3. The number of nitrogens with one attached hydrogen (secondary N) is 2. The predicted octanol–water partition coefficient (Wildman–Crippen LogP) is 1.91. The molecule has 1 aliphatic heterocycles. The van der Waals surface area contributed by atoms with Crippen molar-refractivity contribution in [2.24, 2.45) is 0 Å². The van der Waals surface area contributed by atoms with E-state index in [0.29, 0.717) is 30.8 Å². The van der Waals surface area contributed by atoms with Gasteiger partial charge in [0, 0.05) is 25.0 Å². The summed E-state index contributed by atoms with van der Waals surface area (Å²) < 4.78 is 14.4. The van der Waals surface area contributed by atoms with Gasteiger partial charge in [-0.1, -0.05) is 12.1 Å². The Morgan fingerprint density at radius 2 is 2.14 bits per heavy atom. The number of aryl methyl sites for hydroxylation is 1. The molecule has 3 heterocycles. The molecule has 8 nitrogen and oxygen atoms in total. The van der Waals surface area contributed by atoms with Crippen molar-refractivity contribution in [3.05, 3.63) is 71.7 Å². The molecule has 2 aromatic heterocycles. The highest BCUT2D eigenvalue weighted by molar-refractivity contribution is 5.97. The number of amides is 2. The van der Waals surface area contributed by atoms with Gasteiger partial charge in [-0.2, -0.15) is 9.78 Å². The van der Waals surface area contributed by atoms with Gasteiger partial charge in [0.05, 0.1) is 11.9 Å². The van der Waals surface area contributed by atoms with Gasteiger partial charge in [0.2, 0.25) is 5.91 Å². The van der Waals surface area contributed by atoms with E-state index >= 15 is 0 Å². The number of hydrogen-bond donors (Lipinski definition) is 2. The minimum Gasteiger partial charge on any atom is -0.324 e. The van der Waals surface area contributed by atoms with Crippen LogP contribution >= 0.6 is 0 Å². The summed E-state index contributed by atoms with van der Waals surface area (Å²) >= 11 is 0. The molecule has 0 saturated carbocycles. The van der Waals surface area contributed by atoms with Crippen LogP contribution in [-0.2, 0) is 17.6 Å². The lowest BCUT2D eigenvalue weighted by Crippen LogP contribution is -2.45. The third kappa shape index (κ3) is 3.88. The van der Waals surface area contributed by atoms with Crippen LogP contribution in [-0.4, -0.2) is 37.7 Å². The number of benzene rings is 1. The summed E-state index contributed by atoms with van der Waals surface area (Å²) in [4.78, 5) is 33.1. The number of fused-ring (bicyclic) bond motifs is 1. The van der Waals surface area contributed by atoms with Gasteiger partial charge >= 0.3 is 6.03 Å². The first-order valence-corrected chi connectivity index (χ1v) is 8.78. The number of carbonyl (C=O) groups is 2. The second-order valence-electron chi connectivity index (χ2n) is 6.48. The summed E-state index contributed by atoms with van der Waals surface area (Å²) in [6.07, 6.45) is 7.53. The number of halogens is 1. The van der Waals surface area contributed by atoms with E-state index in [0.717, 1.165) is 15.8 Å². The van der Waals surface area contributed by atoms with Crippen molar-refractivity contribution in [1.29, 1.82) is 0 Å². The first-order valence-electron chi connectivity index (χ1n) is 8.78. The van der Waals surface area contributed by atoms with Crippen molar-refractivity contribution in [3.8, 4) is 0 Å². The van der Waals surface area contributed by atoms with E-state index in [9.17, 15) is 14.0 Å². The summed E-state index contributed by atoms with van der Waals surface area (Å²) in [5, 5.41) is 9.40. The summed E-state index contributed by atoms with van der Waals surface area (Å²) in [5.41, 5.74) is 2.22. The minimum atomic E-state index is -0.723. The van der Waals surface area contributed by atoms with Crippen molar-refractivity contribution < 1.29 is 14.0 Å². The molecule has 0 spiro atoms. The van der Waals surface area contributed by atoms with Crippen molar-refractivity contribution in [2.75, 3.05) is 5.32 Å². The molecular weight excluding hydrogens is 363 g/mol. The number of nitrogens with zero attached hydrogens (tertiary/aromatic N) is 4. The fourth-order valence-electron chi connectivity index (χ4n) is 3.07. The lowest BCUT2D eigenvalue weighted by molar-refractivity contribution is -0.118. The zero-order valence-electron chi connectivity index (χ0n) is 14.8. The van der Waals surface area contributed by atoms with Crippen LogP contribution in [0.4, 0.5) is 15.0 Å². The molecule has 28 heavy (non-hydrogen) atoms. The maximum absolute atomic E-state index is 13.3. The van der Waals surface area contributed by atoms with Crippen molar-refractivity contribution in [3.63, 3.8) is 0 Å². The monoisotopic (exact) mass is 380 g/mol. The zero-order chi connectivity index (χ0) is 19.5. The number of aromatic nitrogens is 4. The van der Waals surface area contributed by atoms with Gasteiger partial charge in [0.1, 0.15) is 11.9 Å². The molecule has 0 aliphatic carbocycles. The summed E-state index contributed by atoms with van der Waals surface area (Å²) in [6, 6.07) is 5.01. The lowest BCUT2D eigenvalue weighted by atomic mass is 10.1. The molecule has 1 unspecified atom stereocenters. The van der Waals surface area contributed by atoms with Crippen LogP contribution in [0.3, 0.4) is 0 Å². The maximum Gasteiger partial charge on any atom is 0.342 e. The number of carbonyl (C=O) groups excluding carboxylic acids is 2. The van der Waals surface area contributed by atoms with Crippen LogP contribution < -0.4 is 10.6 Å². The van der Waals surface area contributed by atoms with Gasteiger partial charge in [0.25, 0.3) is 0 Å². The highest BCUT2D eigenvalue weighted by atomic mass is 19.1. The average Bonchev–Trinajstić information content (AvgIpc) is 3.08. The van der Waals surface area contributed by atoms with Crippen LogP contribution in [0.5, 0.6) is 0 Å². The molecule has 2 N–H and O–H groups in total. The van der Waals surface area contributed by atoms with Gasteiger partial charge in [-0.25, -0.2) is 14.2 Å². The molecule has 142 valence electrons. The highest BCUT2D eigenvalue weighted by Gasteiger charge is 2.26. The van der Waals surface area contributed by atoms with E-state index in [4.69, 9.17) is 0 Å². The Balaban J connectivity index is 1.41. The molecular formula is C19H17FN6O2. The molecule has 1 aliphatic rings. The Morgan fingerprint density at radius 1 is 1.29 bits per heavy atom. The number of hydrogen-bond acceptors (Lipinski definition) is 5. The molecule has 0 bridgehead atoms. The normalized spacial score (nSPS) is 16.0. The molecule has 0 saturated heterocycles. The largest absolute Gasteiger partial charge is 0.342 e. The standard InChI is InChI=1S/C19H17FN6O2/c20-14-3-1-2-12(9-14)8-13-10-23-26(11-13)19(28)24-16-5-4-15-17(25-18(16)27)22-7-6-21-15/h1-3,6-7,9-11,16H,4-5,8H2,(H,24,28)(H,22,25,27). The molecule has 1 atom stereocenters. The average molecular weight is 380 g/mol. The smallest absolute Gasteiger partial charge is 0.324 e. The lowest BCUT2D eigenvalue weighted by Gasteiger charge is -2.14. The predicted molar refractivity (Wildman–Crippen MR) is 98.1 cm³/mol. The Labute approximate surface area is 159 Å². The Morgan fingerprint density at radius 3 is 3.00 bits per heavy atom. The van der Waals surface area contributed by atoms with Crippen LogP contribution in [0.1, 0.15) is 23.2 Å². The van der Waals surface area contributed by atoms with Crippen LogP contribution in [0, 0.1) is 5.82 Å². The number of anilines is 1. The molecule has 4 rings (SSSR count). The summed E-state index contributed by atoms with van der Waals surface area (Å²) in [7, 11) is 0. The van der Waals surface area contributed by atoms with E-state index in [1.165, 1.54) is 18.3 Å². The third-order valence-corrected chi connectivity index (χ3v) is 4.44. The van der Waals surface area contributed by atoms with Crippen molar-refractivity contribution in [1.82, 2.24) is 25.1 Å². The second-order valence-corrected chi connectivity index (χ2v) is 6.48. The van der Waals surface area contributed by atoms with Gasteiger partial charge in [-0.05, 0) is 36.1 Å². The van der Waals surface area contributed by atoms with Crippen LogP contribution in [0.2, 0.25) is 0 Å². The van der Waals surface area contributed by atoms with E-state index < -0.39 is 12.1 Å². The Hall–Kier alpha value is -3.62. The molecule has 9 heteroatoms.